The Kier molecular flexibility index (Phi) is 10.5. The van der Waals surface area contributed by atoms with E-state index in [4.69, 9.17) is 0 Å². The zero-order chi connectivity index (χ0) is 29.4. The van der Waals surface area contributed by atoms with E-state index in [9.17, 15) is 22.4 Å². The number of carbonyl (C=O) groups is 2. The summed E-state index contributed by atoms with van der Waals surface area (Å²) in [5, 5.41) is 2.92. The van der Waals surface area contributed by atoms with Crippen LogP contribution in [0.2, 0.25) is 0 Å². The van der Waals surface area contributed by atoms with E-state index < -0.39 is 34.3 Å². The molecular formula is C31H38FN3O4S. The number of nitrogens with zero attached hydrogens (tertiary/aromatic N) is 2. The lowest BCUT2D eigenvalue weighted by atomic mass is 10.1. The molecule has 0 aliphatic carbocycles. The summed E-state index contributed by atoms with van der Waals surface area (Å²) in [6.45, 7) is 9.65. The number of anilines is 1. The van der Waals surface area contributed by atoms with Crippen LogP contribution >= 0.6 is 0 Å². The molecule has 1 N–H and O–H groups in total. The van der Waals surface area contributed by atoms with Crippen molar-refractivity contribution in [1.29, 1.82) is 0 Å². The van der Waals surface area contributed by atoms with Gasteiger partial charge in [-0.1, -0.05) is 68.3 Å². The maximum absolute atomic E-state index is 14.0. The van der Waals surface area contributed by atoms with Crippen molar-refractivity contribution < 1.29 is 22.4 Å². The summed E-state index contributed by atoms with van der Waals surface area (Å²) in [4.78, 5) is 28.6. The number of nitrogens with one attached hydrogen (secondary N) is 1. The van der Waals surface area contributed by atoms with Crippen molar-refractivity contribution in [3.05, 3.63) is 95.3 Å². The highest BCUT2D eigenvalue weighted by atomic mass is 32.2. The summed E-state index contributed by atoms with van der Waals surface area (Å²) in [5.74, 6) is -1.17. The summed E-state index contributed by atoms with van der Waals surface area (Å²) >= 11 is 0. The molecule has 1 unspecified atom stereocenters. The Hall–Kier alpha value is -3.72. The van der Waals surface area contributed by atoms with Gasteiger partial charge < -0.3 is 10.2 Å². The van der Waals surface area contributed by atoms with Crippen LogP contribution in [0.25, 0.3) is 0 Å². The molecule has 7 nitrogen and oxygen atoms in total. The van der Waals surface area contributed by atoms with Crippen LogP contribution in [-0.4, -0.2) is 44.3 Å². The standard InChI is InChI=1S/C31H38FN3O4S/c1-6-29(31(37)33-19-22(2)3)34(20-25-9-7-8-24(5)18-25)30(36)21-35(27-14-10-23(4)11-15-27)40(38,39)28-16-12-26(32)13-17-28/h7-18,22,29H,6,19-21H2,1-5H3,(H,33,37). The molecule has 0 spiro atoms. The van der Waals surface area contributed by atoms with Gasteiger partial charge in [0.15, 0.2) is 0 Å². The number of hydrogen-bond acceptors (Lipinski definition) is 4. The van der Waals surface area contributed by atoms with Crippen LogP contribution in [0.3, 0.4) is 0 Å². The lowest BCUT2D eigenvalue weighted by Crippen LogP contribution is -2.52. The summed E-state index contributed by atoms with van der Waals surface area (Å²) in [6.07, 6.45) is 0.344. The van der Waals surface area contributed by atoms with E-state index >= 15 is 0 Å². The first-order chi connectivity index (χ1) is 18.9. The Morgan fingerprint density at radius 3 is 2.15 bits per heavy atom. The fourth-order valence-corrected chi connectivity index (χ4v) is 5.74. The first kappa shape index (κ1) is 30.8. The van der Waals surface area contributed by atoms with E-state index in [1.54, 1.807) is 24.3 Å². The molecule has 9 heteroatoms. The van der Waals surface area contributed by atoms with Gasteiger partial charge in [-0.3, -0.25) is 13.9 Å². The van der Waals surface area contributed by atoms with Gasteiger partial charge in [-0.2, -0.15) is 0 Å². The minimum absolute atomic E-state index is 0.131. The summed E-state index contributed by atoms with van der Waals surface area (Å²) in [7, 11) is -4.25. The largest absolute Gasteiger partial charge is 0.354 e. The molecule has 1 atom stereocenters. The minimum Gasteiger partial charge on any atom is -0.354 e. The number of carbonyl (C=O) groups excluding carboxylic acids is 2. The molecule has 0 fully saturated rings. The number of hydrogen-bond donors (Lipinski definition) is 1. The van der Waals surface area contributed by atoms with Gasteiger partial charge in [0.2, 0.25) is 11.8 Å². The maximum atomic E-state index is 14.0. The van der Waals surface area contributed by atoms with Gasteiger partial charge >= 0.3 is 0 Å². The Bertz CT molecular complexity index is 1410. The average molecular weight is 568 g/mol. The van der Waals surface area contributed by atoms with Crippen molar-refractivity contribution in [2.45, 2.75) is 58.5 Å². The first-order valence-electron chi connectivity index (χ1n) is 13.4. The van der Waals surface area contributed by atoms with E-state index in [2.05, 4.69) is 5.32 Å². The fraction of sp³-hybridized carbons (Fsp3) is 0.355. The predicted molar refractivity (Wildman–Crippen MR) is 156 cm³/mol. The Morgan fingerprint density at radius 2 is 1.57 bits per heavy atom. The Morgan fingerprint density at radius 1 is 0.925 bits per heavy atom. The van der Waals surface area contributed by atoms with Crippen LogP contribution in [0.4, 0.5) is 10.1 Å². The molecule has 3 aromatic carbocycles. The zero-order valence-corrected chi connectivity index (χ0v) is 24.5. The predicted octanol–water partition coefficient (Wildman–Crippen LogP) is 5.22. The molecule has 0 aliphatic heterocycles. The molecule has 40 heavy (non-hydrogen) atoms. The minimum atomic E-state index is -4.25. The van der Waals surface area contributed by atoms with E-state index in [0.717, 1.165) is 33.1 Å². The lowest BCUT2D eigenvalue weighted by Gasteiger charge is -2.33. The normalized spacial score (nSPS) is 12.2. The van der Waals surface area contributed by atoms with Gasteiger partial charge in [-0.05, 0) is 68.1 Å². The Labute approximate surface area is 237 Å². The quantitative estimate of drug-likeness (QED) is 0.325. The summed E-state index contributed by atoms with van der Waals surface area (Å²) in [5.41, 5.74) is 3.04. The van der Waals surface area contributed by atoms with Crippen LogP contribution in [0.5, 0.6) is 0 Å². The Balaban J connectivity index is 2.04. The van der Waals surface area contributed by atoms with Gasteiger partial charge in [0.25, 0.3) is 10.0 Å². The van der Waals surface area contributed by atoms with Gasteiger partial charge in [0.1, 0.15) is 18.4 Å². The molecule has 3 rings (SSSR count). The molecule has 0 bridgehead atoms. The first-order valence-corrected chi connectivity index (χ1v) is 14.8. The van der Waals surface area contributed by atoms with Crippen LogP contribution in [0.1, 0.15) is 43.9 Å². The molecule has 0 aliphatic rings. The molecule has 0 heterocycles. The summed E-state index contributed by atoms with van der Waals surface area (Å²) in [6, 6.07) is 18.1. The second kappa shape index (κ2) is 13.6. The van der Waals surface area contributed by atoms with E-state index in [0.29, 0.717) is 13.0 Å². The molecular weight excluding hydrogens is 529 g/mol. The molecule has 214 valence electrons. The van der Waals surface area contributed by atoms with E-state index in [1.165, 1.54) is 17.0 Å². The van der Waals surface area contributed by atoms with Gasteiger partial charge in [0.05, 0.1) is 10.6 Å². The number of amides is 2. The van der Waals surface area contributed by atoms with Gasteiger partial charge in [-0.15, -0.1) is 0 Å². The van der Waals surface area contributed by atoms with Crippen molar-refractivity contribution in [2.75, 3.05) is 17.4 Å². The van der Waals surface area contributed by atoms with Crippen molar-refractivity contribution in [1.82, 2.24) is 10.2 Å². The van der Waals surface area contributed by atoms with Crippen molar-refractivity contribution in [2.24, 2.45) is 5.92 Å². The molecule has 0 saturated carbocycles. The van der Waals surface area contributed by atoms with E-state index in [1.807, 2.05) is 58.9 Å². The highest BCUT2D eigenvalue weighted by molar-refractivity contribution is 7.92. The number of aryl methyl sites for hydroxylation is 2. The molecule has 0 aromatic heterocycles. The highest BCUT2D eigenvalue weighted by Gasteiger charge is 2.33. The molecule has 0 radical (unpaired) electrons. The van der Waals surface area contributed by atoms with Crippen LogP contribution in [0.15, 0.2) is 77.7 Å². The smallest absolute Gasteiger partial charge is 0.264 e. The zero-order valence-electron chi connectivity index (χ0n) is 23.7. The second-order valence-corrected chi connectivity index (χ2v) is 12.2. The summed E-state index contributed by atoms with van der Waals surface area (Å²) < 4.78 is 42.2. The SMILES string of the molecule is CCC(C(=O)NCC(C)C)N(Cc1cccc(C)c1)C(=O)CN(c1ccc(C)cc1)S(=O)(=O)c1ccc(F)cc1. The average Bonchev–Trinajstić information content (AvgIpc) is 2.91. The van der Waals surface area contributed by atoms with Crippen LogP contribution in [0, 0.1) is 25.6 Å². The lowest BCUT2D eigenvalue weighted by molar-refractivity contribution is -0.140. The topological polar surface area (TPSA) is 86.8 Å². The second-order valence-electron chi connectivity index (χ2n) is 10.4. The third kappa shape index (κ3) is 7.91. The fourth-order valence-electron chi connectivity index (χ4n) is 4.32. The monoisotopic (exact) mass is 567 g/mol. The highest BCUT2D eigenvalue weighted by Crippen LogP contribution is 2.25. The van der Waals surface area contributed by atoms with Gasteiger partial charge in [0, 0.05) is 13.1 Å². The number of sulfonamides is 1. The molecule has 2 amide bonds. The maximum Gasteiger partial charge on any atom is 0.264 e. The third-order valence-corrected chi connectivity index (χ3v) is 8.30. The molecule has 3 aromatic rings. The molecule has 0 saturated heterocycles. The van der Waals surface area contributed by atoms with Crippen molar-refractivity contribution in [3.63, 3.8) is 0 Å². The number of rotatable bonds is 12. The van der Waals surface area contributed by atoms with Gasteiger partial charge in [-0.25, -0.2) is 12.8 Å². The number of halogens is 1. The van der Waals surface area contributed by atoms with Crippen LogP contribution in [-0.2, 0) is 26.2 Å². The van der Waals surface area contributed by atoms with Crippen molar-refractivity contribution in [3.8, 4) is 0 Å². The van der Waals surface area contributed by atoms with Crippen molar-refractivity contribution >= 4 is 27.5 Å². The van der Waals surface area contributed by atoms with E-state index in [-0.39, 0.29) is 29.0 Å². The third-order valence-electron chi connectivity index (χ3n) is 6.51. The number of benzene rings is 3. The van der Waals surface area contributed by atoms with Crippen LogP contribution < -0.4 is 9.62 Å².